The van der Waals surface area contributed by atoms with Gasteiger partial charge in [-0.15, -0.1) is 0 Å². The van der Waals surface area contributed by atoms with Gasteiger partial charge in [0, 0.05) is 15.7 Å². The SMILES string of the molecule is O=[P+]1O[P+](=O)OC(O)(CCN2CCCC2)O1. The molecular weight excluding hydrogens is 256 g/mol. The number of hydrogen-bond acceptors (Lipinski definition) is 7. The zero-order valence-corrected chi connectivity index (χ0v) is 10.4. The number of nitrogens with zero attached hydrogens (tertiary/aromatic N) is 1. The minimum atomic E-state index is -2.57. The molecule has 0 spiro atoms. The minimum Gasteiger partial charge on any atom is -0.337 e. The molecule has 0 aromatic carbocycles. The lowest BCUT2D eigenvalue weighted by molar-refractivity contribution is -0.285. The summed E-state index contributed by atoms with van der Waals surface area (Å²) in [5.41, 5.74) is 0. The van der Waals surface area contributed by atoms with Crippen LogP contribution in [0, 0.1) is 0 Å². The first-order chi connectivity index (χ1) is 7.57. The summed E-state index contributed by atoms with van der Waals surface area (Å²) in [5, 5.41) is 9.75. The zero-order valence-electron chi connectivity index (χ0n) is 8.57. The lowest BCUT2D eigenvalue weighted by Crippen LogP contribution is -2.37. The third-order valence-corrected chi connectivity index (χ3v) is 4.45. The molecule has 2 saturated heterocycles. The Balaban J connectivity index is 1.86. The van der Waals surface area contributed by atoms with Crippen LogP contribution in [0.15, 0.2) is 0 Å². The van der Waals surface area contributed by atoms with Crippen LogP contribution in [-0.4, -0.2) is 35.6 Å². The van der Waals surface area contributed by atoms with Crippen molar-refractivity contribution in [3.05, 3.63) is 0 Å². The van der Waals surface area contributed by atoms with E-state index >= 15 is 0 Å². The van der Waals surface area contributed by atoms with Crippen LogP contribution >= 0.6 is 16.5 Å². The van der Waals surface area contributed by atoms with Gasteiger partial charge in [0.05, 0.1) is 6.42 Å². The average Bonchev–Trinajstić information content (AvgIpc) is 2.64. The van der Waals surface area contributed by atoms with Crippen molar-refractivity contribution in [1.29, 1.82) is 0 Å². The lowest BCUT2D eigenvalue weighted by Gasteiger charge is -2.19. The molecule has 2 atom stereocenters. The molecule has 90 valence electrons. The Morgan fingerprint density at radius 3 is 2.31 bits per heavy atom. The number of likely N-dealkylation sites (tertiary alicyclic amines) is 1. The summed E-state index contributed by atoms with van der Waals surface area (Å²) < 4.78 is 35.4. The molecule has 7 nitrogen and oxygen atoms in total. The summed E-state index contributed by atoms with van der Waals surface area (Å²) in [5.74, 6) is -2.05. The Hall–Kier alpha value is -0.0000000000000000416. The van der Waals surface area contributed by atoms with Crippen LogP contribution in [0.1, 0.15) is 19.3 Å². The second kappa shape index (κ2) is 5.10. The summed E-state index contributed by atoms with van der Waals surface area (Å²) in [4.78, 5) is 2.13. The third-order valence-electron chi connectivity index (χ3n) is 2.51. The zero-order chi connectivity index (χ0) is 11.6. The van der Waals surface area contributed by atoms with E-state index in [-0.39, 0.29) is 6.42 Å². The van der Waals surface area contributed by atoms with Crippen LogP contribution in [0.2, 0.25) is 0 Å². The first-order valence-electron chi connectivity index (χ1n) is 5.03. The van der Waals surface area contributed by atoms with Gasteiger partial charge in [0.15, 0.2) is 4.31 Å². The van der Waals surface area contributed by atoms with E-state index < -0.39 is 22.5 Å². The average molecular weight is 269 g/mol. The van der Waals surface area contributed by atoms with Crippen molar-refractivity contribution < 1.29 is 27.6 Å². The van der Waals surface area contributed by atoms with Gasteiger partial charge < -0.3 is 10.0 Å². The van der Waals surface area contributed by atoms with Gasteiger partial charge in [-0.3, -0.25) is 0 Å². The molecule has 0 aromatic heterocycles. The highest BCUT2D eigenvalue weighted by atomic mass is 31.2. The highest BCUT2D eigenvalue weighted by molar-refractivity contribution is 7.48. The number of hydrogen-bond donors (Lipinski definition) is 1. The van der Waals surface area contributed by atoms with E-state index in [1.54, 1.807) is 0 Å². The van der Waals surface area contributed by atoms with Gasteiger partial charge in [-0.1, -0.05) is 0 Å². The van der Waals surface area contributed by atoms with Crippen molar-refractivity contribution in [2.24, 2.45) is 0 Å². The fraction of sp³-hybridized carbons (Fsp3) is 1.00. The van der Waals surface area contributed by atoms with E-state index in [2.05, 4.69) is 18.3 Å². The highest BCUT2D eigenvalue weighted by Gasteiger charge is 2.61. The van der Waals surface area contributed by atoms with Gasteiger partial charge in [0.2, 0.25) is 0 Å². The smallest absolute Gasteiger partial charge is 0.337 e. The Morgan fingerprint density at radius 2 is 1.75 bits per heavy atom. The fourth-order valence-corrected chi connectivity index (χ4v) is 3.22. The predicted molar refractivity (Wildman–Crippen MR) is 53.7 cm³/mol. The molecule has 0 radical (unpaired) electrons. The molecule has 0 amide bonds. The summed E-state index contributed by atoms with van der Waals surface area (Å²) in [6.45, 7) is 2.47. The number of rotatable bonds is 3. The molecule has 2 fully saturated rings. The first-order valence-corrected chi connectivity index (χ1v) is 7.22. The minimum absolute atomic E-state index is 0.0957. The summed E-state index contributed by atoms with van der Waals surface area (Å²) in [7, 11) is -5.14. The van der Waals surface area contributed by atoms with E-state index in [0.717, 1.165) is 25.9 Å². The first kappa shape index (κ1) is 12.5. The van der Waals surface area contributed by atoms with Crippen molar-refractivity contribution in [3.8, 4) is 0 Å². The van der Waals surface area contributed by atoms with Gasteiger partial charge in [-0.25, -0.2) is 0 Å². The molecule has 0 aromatic rings. The molecule has 1 N–H and O–H groups in total. The van der Waals surface area contributed by atoms with Crippen molar-refractivity contribution in [2.45, 2.75) is 25.2 Å². The standard InChI is InChI=1S/C7H13NO6P2/c9-7(3-6-8-4-1-2-5-8)12-15(10)14-16(11)13-7/h9H,1-6H2/q+2. The van der Waals surface area contributed by atoms with Gasteiger partial charge in [0.25, 0.3) is 0 Å². The number of aliphatic hydroxyl groups is 1. The third kappa shape index (κ3) is 3.25. The van der Waals surface area contributed by atoms with E-state index in [9.17, 15) is 14.2 Å². The molecule has 0 saturated carbocycles. The molecule has 16 heavy (non-hydrogen) atoms. The van der Waals surface area contributed by atoms with Crippen molar-refractivity contribution >= 4 is 16.5 Å². The lowest BCUT2D eigenvalue weighted by atomic mass is 10.3. The molecular formula is C7H13NO6P2+2. The maximum atomic E-state index is 11.0. The summed E-state index contributed by atoms with van der Waals surface area (Å²) in [6.07, 6.45) is 2.36. The monoisotopic (exact) mass is 269 g/mol. The van der Waals surface area contributed by atoms with Gasteiger partial charge in [0.1, 0.15) is 0 Å². The van der Waals surface area contributed by atoms with Crippen LogP contribution in [0.25, 0.3) is 0 Å². The Labute approximate surface area is 94.6 Å². The largest absolute Gasteiger partial charge is 0.753 e. The molecule has 9 heteroatoms. The highest BCUT2D eigenvalue weighted by Crippen LogP contribution is 2.51. The van der Waals surface area contributed by atoms with Gasteiger partial charge in [-0.05, 0) is 35.0 Å². The van der Waals surface area contributed by atoms with Crippen LogP contribution in [0.4, 0.5) is 0 Å². The van der Waals surface area contributed by atoms with Gasteiger partial charge >= 0.3 is 22.5 Å². The van der Waals surface area contributed by atoms with Crippen LogP contribution in [0.5, 0.6) is 0 Å². The Morgan fingerprint density at radius 1 is 1.19 bits per heavy atom. The quantitative estimate of drug-likeness (QED) is 0.777. The Bertz CT molecular complexity index is 289. The van der Waals surface area contributed by atoms with Crippen LogP contribution in [0.3, 0.4) is 0 Å². The van der Waals surface area contributed by atoms with Crippen LogP contribution < -0.4 is 0 Å². The van der Waals surface area contributed by atoms with E-state index in [1.807, 2.05) is 0 Å². The second-order valence-electron chi connectivity index (χ2n) is 3.72. The predicted octanol–water partition coefficient (Wildman–Crippen LogP) is 1.50. The van der Waals surface area contributed by atoms with E-state index in [4.69, 9.17) is 0 Å². The molecule has 2 heterocycles. The maximum absolute atomic E-state index is 11.0. The summed E-state index contributed by atoms with van der Waals surface area (Å²) in [6, 6.07) is 0. The normalized spacial score (nSPS) is 36.8. The maximum Gasteiger partial charge on any atom is 0.753 e. The Kier molecular flexibility index (Phi) is 3.97. The molecule has 2 unspecified atom stereocenters. The molecule has 0 bridgehead atoms. The van der Waals surface area contributed by atoms with Crippen molar-refractivity contribution in [1.82, 2.24) is 4.90 Å². The molecule has 2 aliphatic rings. The second-order valence-corrected chi connectivity index (χ2v) is 5.64. The van der Waals surface area contributed by atoms with Crippen molar-refractivity contribution in [2.75, 3.05) is 19.6 Å². The molecule has 0 aliphatic carbocycles. The molecule has 2 aliphatic heterocycles. The summed E-state index contributed by atoms with van der Waals surface area (Å²) >= 11 is 0. The van der Waals surface area contributed by atoms with E-state index in [0.29, 0.717) is 6.54 Å². The fourth-order valence-electron chi connectivity index (χ4n) is 1.73. The van der Waals surface area contributed by atoms with Crippen LogP contribution in [-0.2, 0) is 22.5 Å². The van der Waals surface area contributed by atoms with E-state index in [1.165, 1.54) is 0 Å². The topological polar surface area (TPSA) is 85.3 Å². The molecule has 2 rings (SSSR count). The van der Waals surface area contributed by atoms with Crippen molar-refractivity contribution in [3.63, 3.8) is 0 Å². The van der Waals surface area contributed by atoms with Gasteiger partial charge in [-0.2, -0.15) is 0 Å².